The molecule has 0 radical (unpaired) electrons. The summed E-state index contributed by atoms with van der Waals surface area (Å²) >= 11 is 0. The molecule has 0 bridgehead atoms. The molecule has 0 saturated heterocycles. The maximum Gasteiger partial charge on any atom is 0.270 e. The van der Waals surface area contributed by atoms with Crippen LogP contribution in [0.15, 0.2) is 85.5 Å². The van der Waals surface area contributed by atoms with Crippen molar-refractivity contribution in [3.63, 3.8) is 0 Å². The first-order valence-corrected chi connectivity index (χ1v) is 8.55. The highest BCUT2D eigenvalue weighted by atomic mass is 16.2. The predicted molar refractivity (Wildman–Crippen MR) is 104 cm³/mol. The molecule has 6 heteroatoms. The Morgan fingerprint density at radius 3 is 2.15 bits per heavy atom. The van der Waals surface area contributed by atoms with Crippen LogP contribution in [0.4, 0.5) is 0 Å². The molecule has 0 aliphatic carbocycles. The van der Waals surface area contributed by atoms with E-state index in [0.29, 0.717) is 5.56 Å². The number of carbonyl (C=O) groups excluding carboxylic acids is 1. The van der Waals surface area contributed by atoms with Crippen LogP contribution in [0, 0.1) is 0 Å². The second-order valence-corrected chi connectivity index (χ2v) is 6.19. The molecular weight excluding hydrogens is 338 g/mol. The molecule has 6 nitrogen and oxygen atoms in total. The number of imidazole rings is 2. The molecule has 0 unspecified atom stereocenters. The van der Waals surface area contributed by atoms with Gasteiger partial charge in [0, 0.05) is 11.3 Å². The minimum atomic E-state index is -0.194. The van der Waals surface area contributed by atoms with E-state index >= 15 is 0 Å². The van der Waals surface area contributed by atoms with Crippen molar-refractivity contribution in [2.75, 3.05) is 5.43 Å². The highest BCUT2D eigenvalue weighted by Crippen LogP contribution is 2.18. The summed E-state index contributed by atoms with van der Waals surface area (Å²) in [5.74, 6) is -0.194. The van der Waals surface area contributed by atoms with Gasteiger partial charge in [0.1, 0.15) is 12.7 Å². The Morgan fingerprint density at radius 2 is 1.37 bits per heavy atom. The summed E-state index contributed by atoms with van der Waals surface area (Å²) in [6.45, 7) is 0. The summed E-state index contributed by atoms with van der Waals surface area (Å²) < 4.78 is 3.63. The van der Waals surface area contributed by atoms with Gasteiger partial charge in [0.25, 0.3) is 5.91 Å². The van der Waals surface area contributed by atoms with Crippen molar-refractivity contribution < 1.29 is 4.79 Å². The van der Waals surface area contributed by atoms with E-state index in [-0.39, 0.29) is 5.91 Å². The lowest BCUT2D eigenvalue weighted by Crippen LogP contribution is -2.22. The van der Waals surface area contributed by atoms with Gasteiger partial charge in [0.15, 0.2) is 0 Å². The second-order valence-electron chi connectivity index (χ2n) is 6.19. The Morgan fingerprint density at radius 1 is 0.741 bits per heavy atom. The van der Waals surface area contributed by atoms with Crippen molar-refractivity contribution in [1.29, 1.82) is 0 Å². The standard InChI is InChI=1S/C21H15N5O/c27-21(24-26-14-23-18-6-2-4-8-20(18)26)15-9-11-16(12-10-15)25-13-22-17-5-1-3-7-19(17)25/h1-14H,(H,24,27). The first-order chi connectivity index (χ1) is 13.3. The highest BCUT2D eigenvalue weighted by molar-refractivity contribution is 6.00. The number of fused-ring (bicyclic) bond motifs is 2. The first kappa shape index (κ1) is 15.3. The van der Waals surface area contributed by atoms with Gasteiger partial charge in [-0.3, -0.25) is 14.8 Å². The number of para-hydroxylation sites is 4. The zero-order valence-corrected chi connectivity index (χ0v) is 14.3. The van der Waals surface area contributed by atoms with Crippen LogP contribution in [0.25, 0.3) is 27.8 Å². The molecule has 130 valence electrons. The topological polar surface area (TPSA) is 64.7 Å². The van der Waals surface area contributed by atoms with Crippen molar-refractivity contribution in [2.24, 2.45) is 0 Å². The van der Waals surface area contributed by atoms with Gasteiger partial charge in [-0.1, -0.05) is 24.3 Å². The molecule has 1 amide bonds. The van der Waals surface area contributed by atoms with Crippen molar-refractivity contribution in [2.45, 2.75) is 0 Å². The molecule has 2 heterocycles. The number of amides is 1. The Hall–Kier alpha value is -3.93. The van der Waals surface area contributed by atoms with Crippen molar-refractivity contribution >= 4 is 28.0 Å². The fourth-order valence-electron chi connectivity index (χ4n) is 3.16. The average Bonchev–Trinajstić information content (AvgIpc) is 3.33. The highest BCUT2D eigenvalue weighted by Gasteiger charge is 2.10. The lowest BCUT2D eigenvalue weighted by Gasteiger charge is -2.08. The van der Waals surface area contributed by atoms with Crippen LogP contribution < -0.4 is 5.43 Å². The summed E-state index contributed by atoms with van der Waals surface area (Å²) in [7, 11) is 0. The number of rotatable bonds is 3. The first-order valence-electron chi connectivity index (χ1n) is 8.55. The van der Waals surface area contributed by atoms with Crippen LogP contribution in [0.2, 0.25) is 0 Å². The van der Waals surface area contributed by atoms with Crippen molar-refractivity contribution in [1.82, 2.24) is 19.2 Å². The molecule has 0 atom stereocenters. The quantitative estimate of drug-likeness (QED) is 0.537. The van der Waals surface area contributed by atoms with Crippen LogP contribution in [0.1, 0.15) is 10.4 Å². The Balaban J connectivity index is 1.42. The van der Waals surface area contributed by atoms with E-state index in [1.54, 1.807) is 29.5 Å². The summed E-state index contributed by atoms with van der Waals surface area (Å²) in [4.78, 5) is 21.3. The summed E-state index contributed by atoms with van der Waals surface area (Å²) in [6.07, 6.45) is 3.39. The number of carbonyl (C=O) groups is 1. The van der Waals surface area contributed by atoms with Gasteiger partial charge in [0.2, 0.25) is 0 Å². The van der Waals surface area contributed by atoms with Crippen LogP contribution in [0.5, 0.6) is 0 Å². The molecule has 3 aromatic carbocycles. The monoisotopic (exact) mass is 353 g/mol. The van der Waals surface area contributed by atoms with E-state index in [1.807, 2.05) is 65.2 Å². The van der Waals surface area contributed by atoms with E-state index in [0.717, 1.165) is 27.8 Å². The lowest BCUT2D eigenvalue weighted by molar-refractivity contribution is 0.101. The van der Waals surface area contributed by atoms with E-state index in [1.165, 1.54) is 0 Å². The second kappa shape index (κ2) is 6.10. The number of nitrogens with zero attached hydrogens (tertiary/aromatic N) is 4. The van der Waals surface area contributed by atoms with Crippen LogP contribution in [-0.4, -0.2) is 25.1 Å². The van der Waals surface area contributed by atoms with Crippen molar-refractivity contribution in [3.8, 4) is 5.69 Å². The fraction of sp³-hybridized carbons (Fsp3) is 0. The Bertz CT molecular complexity index is 1270. The van der Waals surface area contributed by atoms with Gasteiger partial charge in [0.05, 0.1) is 22.1 Å². The largest absolute Gasteiger partial charge is 0.299 e. The lowest BCUT2D eigenvalue weighted by atomic mass is 10.2. The van der Waals surface area contributed by atoms with Gasteiger partial charge in [-0.25, -0.2) is 14.6 Å². The normalized spacial score (nSPS) is 11.1. The van der Waals surface area contributed by atoms with E-state index in [4.69, 9.17) is 0 Å². The van der Waals surface area contributed by atoms with E-state index < -0.39 is 0 Å². The van der Waals surface area contributed by atoms with Crippen LogP contribution in [0.3, 0.4) is 0 Å². The van der Waals surface area contributed by atoms with Crippen LogP contribution in [-0.2, 0) is 0 Å². The molecule has 0 aliphatic rings. The number of aromatic nitrogens is 4. The summed E-state index contributed by atoms with van der Waals surface area (Å²) in [5, 5.41) is 0. The average molecular weight is 353 g/mol. The summed E-state index contributed by atoms with van der Waals surface area (Å²) in [6, 6.07) is 23.0. The minimum Gasteiger partial charge on any atom is -0.299 e. The molecule has 0 aliphatic heterocycles. The van der Waals surface area contributed by atoms with Gasteiger partial charge >= 0.3 is 0 Å². The molecule has 27 heavy (non-hydrogen) atoms. The van der Waals surface area contributed by atoms with E-state index in [2.05, 4.69) is 15.4 Å². The predicted octanol–water partition coefficient (Wildman–Crippen LogP) is 3.76. The third-order valence-corrected chi connectivity index (χ3v) is 4.54. The van der Waals surface area contributed by atoms with Gasteiger partial charge < -0.3 is 0 Å². The zero-order chi connectivity index (χ0) is 18.2. The van der Waals surface area contributed by atoms with Gasteiger partial charge in [-0.2, -0.15) is 0 Å². The number of hydrogen-bond acceptors (Lipinski definition) is 3. The number of nitrogens with one attached hydrogen (secondary N) is 1. The molecule has 5 rings (SSSR count). The third-order valence-electron chi connectivity index (χ3n) is 4.54. The molecule has 5 aromatic rings. The Kier molecular flexibility index (Phi) is 3.47. The summed E-state index contributed by atoms with van der Waals surface area (Å²) in [5.41, 5.74) is 8.03. The van der Waals surface area contributed by atoms with Crippen LogP contribution >= 0.6 is 0 Å². The molecule has 0 fully saturated rings. The minimum absolute atomic E-state index is 0.194. The molecule has 0 saturated carbocycles. The Labute approximate surface area is 154 Å². The molecule has 1 N–H and O–H groups in total. The number of benzene rings is 3. The smallest absolute Gasteiger partial charge is 0.270 e. The zero-order valence-electron chi connectivity index (χ0n) is 14.3. The number of hydrogen-bond donors (Lipinski definition) is 1. The molecule has 0 spiro atoms. The van der Waals surface area contributed by atoms with E-state index in [9.17, 15) is 4.79 Å². The SMILES string of the molecule is O=C(Nn1cnc2ccccc21)c1ccc(-n2cnc3ccccc32)cc1. The fourth-order valence-corrected chi connectivity index (χ4v) is 3.16. The van der Waals surface area contributed by atoms with Gasteiger partial charge in [-0.05, 0) is 48.5 Å². The maximum atomic E-state index is 12.6. The third kappa shape index (κ3) is 2.64. The maximum absolute atomic E-state index is 12.6. The molecule has 2 aromatic heterocycles. The molecular formula is C21H15N5O. The van der Waals surface area contributed by atoms with Crippen molar-refractivity contribution in [3.05, 3.63) is 91.0 Å². The van der Waals surface area contributed by atoms with Gasteiger partial charge in [-0.15, -0.1) is 0 Å².